The van der Waals surface area contributed by atoms with Crippen LogP contribution in [0.4, 0.5) is 29.2 Å². The molecule has 1 amide bonds. The molecule has 1 heterocycles. The molecule has 0 aliphatic heterocycles. The zero-order valence-electron chi connectivity index (χ0n) is 16.0. The zero-order valence-corrected chi connectivity index (χ0v) is 16.8. The monoisotopic (exact) mass is 469 g/mol. The summed E-state index contributed by atoms with van der Waals surface area (Å²) in [4.78, 5) is 12.1. The number of hydrogen-bond acceptors (Lipinski definition) is 8. The van der Waals surface area contributed by atoms with Crippen molar-refractivity contribution in [3.05, 3.63) is 59.9 Å². The number of anilines is 2. The van der Waals surface area contributed by atoms with Gasteiger partial charge in [0.25, 0.3) is 5.95 Å². The third-order valence-corrected chi connectivity index (χ3v) is 4.59. The van der Waals surface area contributed by atoms with E-state index in [-0.39, 0.29) is 28.1 Å². The summed E-state index contributed by atoms with van der Waals surface area (Å²) in [6.07, 6.45) is -3.55. The molecule has 0 bridgehead atoms. The van der Waals surface area contributed by atoms with E-state index in [1.54, 1.807) is 12.1 Å². The summed E-state index contributed by atoms with van der Waals surface area (Å²) in [6.45, 7) is 0. The van der Waals surface area contributed by atoms with E-state index in [0.717, 1.165) is 28.6 Å². The topological polar surface area (TPSA) is 119 Å². The molecule has 0 radical (unpaired) electrons. The number of alkyl halides is 3. The first-order chi connectivity index (χ1) is 15.2. The van der Waals surface area contributed by atoms with Crippen LogP contribution in [0.2, 0.25) is 0 Å². The minimum atomic E-state index is -4.80. The van der Waals surface area contributed by atoms with Gasteiger partial charge in [0.15, 0.2) is 0 Å². The lowest BCUT2D eigenvalue weighted by molar-refractivity contribution is -0.274. The van der Waals surface area contributed by atoms with E-state index in [0.29, 0.717) is 0 Å². The fourth-order valence-electron chi connectivity index (χ4n) is 2.26. The standard InChI is InChI=1S/C18H15F4N7O2S/c19-14-4-2-1-3-11(14)9-24-26-16-27-28-17(29(16)23)32-10-15(30)25-12-5-7-13(8-6-12)31-18(20,21)22/h1-9H,10,23H2,(H,25,30)(H,26,27)/b24-9+. The molecular weight excluding hydrogens is 454 g/mol. The van der Waals surface area contributed by atoms with E-state index in [1.165, 1.54) is 30.5 Å². The van der Waals surface area contributed by atoms with Crippen molar-refractivity contribution >= 4 is 35.5 Å². The van der Waals surface area contributed by atoms with E-state index in [1.807, 2.05) is 0 Å². The fraction of sp³-hybridized carbons (Fsp3) is 0.111. The molecule has 0 saturated carbocycles. The van der Waals surface area contributed by atoms with Crippen molar-refractivity contribution in [2.24, 2.45) is 5.10 Å². The molecule has 0 unspecified atom stereocenters. The molecule has 168 valence electrons. The number of nitrogens with one attached hydrogen (secondary N) is 2. The third kappa shape index (κ3) is 6.60. The van der Waals surface area contributed by atoms with Gasteiger partial charge in [-0.15, -0.1) is 23.4 Å². The van der Waals surface area contributed by atoms with Gasteiger partial charge in [-0.25, -0.2) is 14.5 Å². The van der Waals surface area contributed by atoms with Gasteiger partial charge in [0, 0.05) is 11.3 Å². The number of amides is 1. The molecule has 0 saturated heterocycles. The van der Waals surface area contributed by atoms with Crippen molar-refractivity contribution in [1.29, 1.82) is 0 Å². The van der Waals surface area contributed by atoms with Crippen LogP contribution in [0.15, 0.2) is 58.8 Å². The van der Waals surface area contributed by atoms with Gasteiger partial charge in [0.2, 0.25) is 11.1 Å². The van der Waals surface area contributed by atoms with Gasteiger partial charge in [0.1, 0.15) is 11.6 Å². The lowest BCUT2D eigenvalue weighted by atomic mass is 10.2. The Labute approximate surface area is 182 Å². The predicted octanol–water partition coefficient (Wildman–Crippen LogP) is 3.21. The Bertz CT molecular complexity index is 1100. The maximum Gasteiger partial charge on any atom is 0.573 e. The Hall–Kier alpha value is -3.81. The maximum absolute atomic E-state index is 13.5. The van der Waals surface area contributed by atoms with Crippen LogP contribution < -0.4 is 21.3 Å². The average Bonchev–Trinajstić information content (AvgIpc) is 3.08. The molecule has 2 aromatic carbocycles. The molecule has 0 aliphatic rings. The van der Waals surface area contributed by atoms with E-state index >= 15 is 0 Å². The highest BCUT2D eigenvalue weighted by Crippen LogP contribution is 2.24. The van der Waals surface area contributed by atoms with Crippen LogP contribution in [-0.2, 0) is 4.79 Å². The molecule has 4 N–H and O–H groups in total. The highest BCUT2D eigenvalue weighted by molar-refractivity contribution is 7.99. The molecule has 9 nitrogen and oxygen atoms in total. The number of nitrogens with two attached hydrogens (primary N) is 1. The first-order valence-electron chi connectivity index (χ1n) is 8.74. The second-order valence-corrected chi connectivity index (χ2v) is 6.92. The normalized spacial score (nSPS) is 11.5. The maximum atomic E-state index is 13.5. The van der Waals surface area contributed by atoms with Gasteiger partial charge >= 0.3 is 6.36 Å². The molecule has 3 aromatic rings. The minimum Gasteiger partial charge on any atom is -0.406 e. The van der Waals surface area contributed by atoms with Crippen molar-refractivity contribution in [2.75, 3.05) is 22.3 Å². The van der Waals surface area contributed by atoms with Crippen LogP contribution in [0.25, 0.3) is 0 Å². The van der Waals surface area contributed by atoms with Crippen molar-refractivity contribution in [3.8, 4) is 5.75 Å². The van der Waals surface area contributed by atoms with Gasteiger partial charge in [0.05, 0.1) is 12.0 Å². The largest absolute Gasteiger partial charge is 0.573 e. The van der Waals surface area contributed by atoms with Crippen molar-refractivity contribution in [2.45, 2.75) is 11.5 Å². The van der Waals surface area contributed by atoms with Crippen LogP contribution in [0.1, 0.15) is 5.56 Å². The summed E-state index contributed by atoms with van der Waals surface area (Å²) in [7, 11) is 0. The summed E-state index contributed by atoms with van der Waals surface area (Å²) in [5, 5.41) is 14.2. The quantitative estimate of drug-likeness (QED) is 0.152. The Balaban J connectivity index is 1.50. The summed E-state index contributed by atoms with van der Waals surface area (Å²) < 4.78 is 54.9. The van der Waals surface area contributed by atoms with Crippen LogP contribution >= 0.6 is 11.8 Å². The highest BCUT2D eigenvalue weighted by atomic mass is 32.2. The van der Waals surface area contributed by atoms with Crippen molar-refractivity contribution in [3.63, 3.8) is 0 Å². The number of aromatic nitrogens is 3. The average molecular weight is 469 g/mol. The first-order valence-corrected chi connectivity index (χ1v) is 9.72. The molecule has 14 heteroatoms. The van der Waals surface area contributed by atoms with Crippen LogP contribution in [0.5, 0.6) is 5.75 Å². The molecule has 0 spiro atoms. The lowest BCUT2D eigenvalue weighted by Crippen LogP contribution is -2.18. The predicted molar refractivity (Wildman–Crippen MR) is 110 cm³/mol. The van der Waals surface area contributed by atoms with Gasteiger partial charge in [-0.2, -0.15) is 5.10 Å². The number of rotatable bonds is 8. The smallest absolute Gasteiger partial charge is 0.406 e. The van der Waals surface area contributed by atoms with Gasteiger partial charge in [-0.3, -0.25) is 4.79 Å². The summed E-state index contributed by atoms with van der Waals surface area (Å²) in [5.74, 6) is 4.49. The SMILES string of the molecule is Nn1c(N/N=C/c2ccccc2F)nnc1SCC(=O)Nc1ccc(OC(F)(F)F)cc1. The minimum absolute atomic E-state index is 0.0563. The van der Waals surface area contributed by atoms with Crippen LogP contribution in [-0.4, -0.2) is 39.1 Å². The van der Waals surface area contributed by atoms with Gasteiger partial charge in [-0.1, -0.05) is 30.0 Å². The number of carbonyl (C=O) groups is 1. The van der Waals surface area contributed by atoms with Crippen molar-refractivity contribution < 1.29 is 27.1 Å². The Morgan fingerprint density at radius 1 is 1.19 bits per heavy atom. The molecule has 0 atom stereocenters. The van der Waals surface area contributed by atoms with E-state index in [4.69, 9.17) is 5.84 Å². The molecule has 3 rings (SSSR count). The fourth-order valence-corrected chi connectivity index (χ4v) is 2.91. The molecule has 0 fully saturated rings. The third-order valence-electron chi connectivity index (χ3n) is 3.64. The number of hydrazone groups is 1. The van der Waals surface area contributed by atoms with Gasteiger partial charge < -0.3 is 15.9 Å². The number of hydrogen-bond donors (Lipinski definition) is 3. The number of halogens is 4. The van der Waals surface area contributed by atoms with Gasteiger partial charge in [-0.05, 0) is 30.3 Å². The Morgan fingerprint density at radius 3 is 2.59 bits per heavy atom. The number of benzene rings is 2. The molecule has 32 heavy (non-hydrogen) atoms. The summed E-state index contributed by atoms with van der Waals surface area (Å²) in [6, 6.07) is 10.7. The molecule has 1 aromatic heterocycles. The van der Waals surface area contributed by atoms with E-state index in [9.17, 15) is 22.4 Å². The molecular formula is C18H15F4N7O2S. The van der Waals surface area contributed by atoms with E-state index < -0.39 is 23.8 Å². The lowest BCUT2D eigenvalue weighted by Gasteiger charge is -2.09. The number of carbonyl (C=O) groups excluding carboxylic acids is 1. The number of ether oxygens (including phenoxy) is 1. The summed E-state index contributed by atoms with van der Waals surface area (Å²) >= 11 is 0.966. The first kappa shape index (κ1) is 22.9. The Morgan fingerprint density at radius 2 is 1.91 bits per heavy atom. The second kappa shape index (κ2) is 10.00. The van der Waals surface area contributed by atoms with E-state index in [2.05, 4.69) is 30.8 Å². The highest BCUT2D eigenvalue weighted by Gasteiger charge is 2.30. The summed E-state index contributed by atoms with van der Waals surface area (Å²) in [5.41, 5.74) is 3.06. The van der Waals surface area contributed by atoms with Crippen LogP contribution in [0.3, 0.4) is 0 Å². The Kier molecular flexibility index (Phi) is 7.14. The number of nitrogen functional groups attached to an aromatic ring is 1. The zero-order chi connectivity index (χ0) is 23.1. The molecule has 0 aliphatic carbocycles. The number of nitrogens with zero attached hydrogens (tertiary/aromatic N) is 4. The van der Waals surface area contributed by atoms with Crippen LogP contribution in [0, 0.1) is 5.82 Å². The second-order valence-electron chi connectivity index (χ2n) is 5.98. The van der Waals surface area contributed by atoms with Crippen molar-refractivity contribution in [1.82, 2.24) is 14.9 Å². The number of thioether (sulfide) groups is 1.